The number of hydrogen-bond acceptors (Lipinski definition) is 2. The standard InChI is InChI=1S/C15H21N3O2/c1-15(2,3)17-14(20)16-9-10-5-6-12-11(7-10)8-13(19)18(12)4/h5-7H,8-9H2,1-4H3,(H2,16,17,20). The number of hydrogen-bond donors (Lipinski definition) is 2. The number of carbonyl (C=O) groups is 2. The molecule has 0 atom stereocenters. The van der Waals surface area contributed by atoms with E-state index in [-0.39, 0.29) is 17.5 Å². The highest BCUT2D eigenvalue weighted by Gasteiger charge is 2.23. The molecule has 1 aliphatic heterocycles. The summed E-state index contributed by atoms with van der Waals surface area (Å²) < 4.78 is 0. The Morgan fingerprint density at radius 2 is 2.05 bits per heavy atom. The van der Waals surface area contributed by atoms with Crippen LogP contribution in [0.4, 0.5) is 10.5 Å². The van der Waals surface area contributed by atoms with Gasteiger partial charge in [-0.15, -0.1) is 0 Å². The lowest BCUT2D eigenvalue weighted by molar-refractivity contribution is -0.117. The molecular weight excluding hydrogens is 254 g/mol. The molecule has 0 radical (unpaired) electrons. The van der Waals surface area contributed by atoms with Gasteiger partial charge in [-0.2, -0.15) is 0 Å². The number of anilines is 1. The Morgan fingerprint density at radius 3 is 2.70 bits per heavy atom. The number of amides is 3. The van der Waals surface area contributed by atoms with E-state index in [1.165, 1.54) is 0 Å². The number of nitrogens with zero attached hydrogens (tertiary/aromatic N) is 1. The molecule has 0 spiro atoms. The molecule has 3 amide bonds. The van der Waals surface area contributed by atoms with Gasteiger partial charge in [0, 0.05) is 24.8 Å². The molecule has 1 aromatic carbocycles. The molecule has 5 heteroatoms. The fourth-order valence-electron chi connectivity index (χ4n) is 2.20. The number of likely N-dealkylation sites (N-methyl/N-ethyl adjacent to an activating group) is 1. The lowest BCUT2D eigenvalue weighted by Crippen LogP contribution is -2.46. The monoisotopic (exact) mass is 275 g/mol. The molecule has 5 nitrogen and oxygen atoms in total. The Morgan fingerprint density at radius 1 is 1.35 bits per heavy atom. The fraction of sp³-hybridized carbons (Fsp3) is 0.467. The number of carbonyl (C=O) groups excluding carboxylic acids is 2. The van der Waals surface area contributed by atoms with E-state index in [9.17, 15) is 9.59 Å². The van der Waals surface area contributed by atoms with Gasteiger partial charge in [-0.1, -0.05) is 12.1 Å². The van der Waals surface area contributed by atoms with Crippen LogP contribution in [0, 0.1) is 0 Å². The van der Waals surface area contributed by atoms with Crippen LogP contribution in [0.1, 0.15) is 31.9 Å². The van der Waals surface area contributed by atoms with Gasteiger partial charge in [0.2, 0.25) is 5.91 Å². The van der Waals surface area contributed by atoms with Crippen molar-refractivity contribution in [2.75, 3.05) is 11.9 Å². The molecule has 0 saturated heterocycles. The number of urea groups is 1. The van der Waals surface area contributed by atoms with E-state index in [1.54, 1.807) is 11.9 Å². The number of benzene rings is 1. The predicted octanol–water partition coefficient (Wildman–Crippen LogP) is 1.80. The van der Waals surface area contributed by atoms with Crippen molar-refractivity contribution in [1.29, 1.82) is 0 Å². The molecule has 20 heavy (non-hydrogen) atoms. The lowest BCUT2D eigenvalue weighted by Gasteiger charge is -2.20. The first-order chi connectivity index (χ1) is 9.26. The first kappa shape index (κ1) is 14.4. The Hall–Kier alpha value is -2.04. The second-order valence-electron chi connectivity index (χ2n) is 6.15. The Labute approximate surface area is 119 Å². The zero-order valence-corrected chi connectivity index (χ0v) is 12.4. The molecule has 0 bridgehead atoms. The normalized spacial score (nSPS) is 14.2. The van der Waals surface area contributed by atoms with Crippen LogP contribution in [0.15, 0.2) is 18.2 Å². The highest BCUT2D eigenvalue weighted by atomic mass is 16.2. The Balaban J connectivity index is 1.97. The zero-order chi connectivity index (χ0) is 14.9. The summed E-state index contributed by atoms with van der Waals surface area (Å²) in [4.78, 5) is 25.0. The topological polar surface area (TPSA) is 61.4 Å². The van der Waals surface area contributed by atoms with Gasteiger partial charge in [0.15, 0.2) is 0 Å². The predicted molar refractivity (Wildman–Crippen MR) is 78.7 cm³/mol. The van der Waals surface area contributed by atoms with Crippen LogP contribution < -0.4 is 15.5 Å². The van der Waals surface area contributed by atoms with Crippen LogP contribution >= 0.6 is 0 Å². The van der Waals surface area contributed by atoms with Crippen LogP contribution in [-0.4, -0.2) is 24.5 Å². The summed E-state index contributed by atoms with van der Waals surface area (Å²) in [7, 11) is 1.78. The van der Waals surface area contributed by atoms with Crippen molar-refractivity contribution in [1.82, 2.24) is 10.6 Å². The van der Waals surface area contributed by atoms with Gasteiger partial charge in [0.1, 0.15) is 0 Å². The highest BCUT2D eigenvalue weighted by molar-refractivity contribution is 6.00. The van der Waals surface area contributed by atoms with E-state index < -0.39 is 0 Å². The Kier molecular flexibility index (Phi) is 3.70. The van der Waals surface area contributed by atoms with E-state index in [4.69, 9.17) is 0 Å². The second-order valence-corrected chi connectivity index (χ2v) is 6.15. The molecule has 0 aromatic heterocycles. The van der Waals surface area contributed by atoms with E-state index >= 15 is 0 Å². The summed E-state index contributed by atoms with van der Waals surface area (Å²) in [6, 6.07) is 5.66. The van der Waals surface area contributed by atoms with Crippen LogP contribution in [-0.2, 0) is 17.8 Å². The molecule has 0 saturated carbocycles. The Bertz CT molecular complexity index is 547. The molecule has 0 aliphatic carbocycles. The van der Waals surface area contributed by atoms with E-state index in [1.807, 2.05) is 39.0 Å². The first-order valence-corrected chi connectivity index (χ1v) is 6.70. The van der Waals surface area contributed by atoms with Gasteiger partial charge >= 0.3 is 6.03 Å². The van der Waals surface area contributed by atoms with Gasteiger partial charge in [-0.05, 0) is 38.0 Å². The summed E-state index contributed by atoms with van der Waals surface area (Å²) in [5.74, 6) is 0.107. The molecule has 2 N–H and O–H groups in total. The average molecular weight is 275 g/mol. The molecular formula is C15H21N3O2. The molecule has 2 rings (SSSR count). The van der Waals surface area contributed by atoms with Gasteiger partial charge in [0.05, 0.1) is 6.42 Å². The summed E-state index contributed by atoms with van der Waals surface area (Å²) in [6.45, 7) is 6.25. The summed E-state index contributed by atoms with van der Waals surface area (Å²) in [5.41, 5.74) is 2.72. The van der Waals surface area contributed by atoms with Gasteiger partial charge in [-0.3, -0.25) is 4.79 Å². The number of fused-ring (bicyclic) bond motifs is 1. The first-order valence-electron chi connectivity index (χ1n) is 6.70. The summed E-state index contributed by atoms with van der Waals surface area (Å²) >= 11 is 0. The van der Waals surface area contributed by atoms with E-state index in [0.29, 0.717) is 13.0 Å². The zero-order valence-electron chi connectivity index (χ0n) is 12.4. The smallest absolute Gasteiger partial charge is 0.315 e. The maximum Gasteiger partial charge on any atom is 0.315 e. The largest absolute Gasteiger partial charge is 0.334 e. The number of rotatable bonds is 2. The summed E-state index contributed by atoms with van der Waals surface area (Å²) in [5, 5.41) is 5.66. The molecule has 1 heterocycles. The third kappa shape index (κ3) is 3.29. The van der Waals surface area contributed by atoms with Crippen LogP contribution in [0.25, 0.3) is 0 Å². The van der Waals surface area contributed by atoms with Crippen molar-refractivity contribution in [2.24, 2.45) is 0 Å². The van der Waals surface area contributed by atoms with Crippen molar-refractivity contribution in [3.63, 3.8) is 0 Å². The average Bonchev–Trinajstić information content (AvgIpc) is 2.60. The van der Waals surface area contributed by atoms with Crippen LogP contribution in [0.5, 0.6) is 0 Å². The van der Waals surface area contributed by atoms with Crippen molar-refractivity contribution < 1.29 is 9.59 Å². The third-order valence-corrected chi connectivity index (χ3v) is 3.16. The van der Waals surface area contributed by atoms with Crippen molar-refractivity contribution >= 4 is 17.6 Å². The van der Waals surface area contributed by atoms with Gasteiger partial charge in [0.25, 0.3) is 0 Å². The van der Waals surface area contributed by atoms with Crippen LogP contribution in [0.3, 0.4) is 0 Å². The maximum atomic E-state index is 11.7. The molecule has 1 aliphatic rings. The summed E-state index contributed by atoms with van der Waals surface area (Å²) in [6.07, 6.45) is 0.438. The number of nitrogens with one attached hydrogen (secondary N) is 2. The van der Waals surface area contributed by atoms with Gasteiger partial charge < -0.3 is 15.5 Å². The maximum absolute atomic E-state index is 11.7. The lowest BCUT2D eigenvalue weighted by atomic mass is 10.1. The van der Waals surface area contributed by atoms with Crippen molar-refractivity contribution in [3.8, 4) is 0 Å². The highest BCUT2D eigenvalue weighted by Crippen LogP contribution is 2.28. The fourth-order valence-corrected chi connectivity index (χ4v) is 2.20. The second kappa shape index (κ2) is 5.15. The molecule has 108 valence electrons. The molecule has 0 unspecified atom stereocenters. The van der Waals surface area contributed by atoms with Gasteiger partial charge in [-0.25, -0.2) is 4.79 Å². The SMILES string of the molecule is CN1C(=O)Cc2cc(CNC(=O)NC(C)(C)C)ccc21. The quantitative estimate of drug-likeness (QED) is 0.864. The van der Waals surface area contributed by atoms with E-state index in [2.05, 4.69) is 10.6 Å². The third-order valence-electron chi connectivity index (χ3n) is 3.16. The van der Waals surface area contributed by atoms with Crippen molar-refractivity contribution in [3.05, 3.63) is 29.3 Å². The van der Waals surface area contributed by atoms with Crippen molar-refractivity contribution in [2.45, 2.75) is 39.3 Å². The minimum Gasteiger partial charge on any atom is -0.334 e. The minimum absolute atomic E-state index is 0.107. The van der Waals surface area contributed by atoms with Crippen LogP contribution in [0.2, 0.25) is 0 Å². The van der Waals surface area contributed by atoms with E-state index in [0.717, 1.165) is 16.8 Å². The minimum atomic E-state index is -0.253. The molecule has 1 aromatic rings. The molecule has 0 fully saturated rings.